The molecule has 2 aliphatic heterocycles. The number of aromatic nitrogens is 4. The number of rotatable bonds is 7. The first kappa shape index (κ1) is 18.2. The molecule has 0 bridgehead atoms. The molecule has 0 aromatic carbocycles. The molecule has 0 saturated carbocycles. The summed E-state index contributed by atoms with van der Waals surface area (Å²) in [5, 5.41) is 11.4. The lowest BCUT2D eigenvalue weighted by atomic mass is 9.79. The molecule has 1 amide bonds. The quantitative estimate of drug-likeness (QED) is 0.786. The third-order valence-electron chi connectivity index (χ3n) is 5.83. The minimum atomic E-state index is -0.0638. The van der Waals surface area contributed by atoms with Crippen LogP contribution in [-0.4, -0.2) is 62.2 Å². The van der Waals surface area contributed by atoms with Crippen LogP contribution in [0.15, 0.2) is 24.7 Å². The van der Waals surface area contributed by atoms with Crippen LogP contribution in [0.2, 0.25) is 0 Å². The van der Waals surface area contributed by atoms with Gasteiger partial charge in [0, 0.05) is 64.3 Å². The van der Waals surface area contributed by atoms with Gasteiger partial charge in [-0.15, -0.1) is 0 Å². The van der Waals surface area contributed by atoms with Gasteiger partial charge in [-0.25, -0.2) is 0 Å². The normalized spacial score (nSPS) is 21.5. The maximum Gasteiger partial charge on any atom is 0.269 e. The summed E-state index contributed by atoms with van der Waals surface area (Å²) in [7, 11) is 1.78. The molecule has 0 unspecified atom stereocenters. The molecule has 0 radical (unpaired) electrons. The molecule has 2 aromatic rings. The Morgan fingerprint density at radius 1 is 1.41 bits per heavy atom. The molecule has 8 nitrogen and oxygen atoms in total. The number of aryl methyl sites for hydroxylation is 2. The topological polar surface area (TPSA) is 77.2 Å². The number of hydrogen-bond donors (Lipinski definition) is 1. The second-order valence-electron chi connectivity index (χ2n) is 7.63. The largest absolute Gasteiger partial charge is 0.372 e. The highest BCUT2D eigenvalue weighted by atomic mass is 16.5. The van der Waals surface area contributed by atoms with Gasteiger partial charge in [0.1, 0.15) is 5.69 Å². The molecule has 1 spiro atoms. The summed E-state index contributed by atoms with van der Waals surface area (Å²) in [6.07, 6.45) is 7.73. The van der Waals surface area contributed by atoms with Crippen LogP contribution in [0.25, 0.3) is 0 Å². The van der Waals surface area contributed by atoms with Crippen LogP contribution in [0.4, 0.5) is 0 Å². The van der Waals surface area contributed by atoms with E-state index in [1.165, 1.54) is 5.56 Å². The number of nitrogens with zero attached hydrogens (tertiary/aromatic N) is 5. The molecule has 2 fully saturated rings. The van der Waals surface area contributed by atoms with Crippen LogP contribution in [0.5, 0.6) is 0 Å². The molecule has 1 N–H and O–H groups in total. The van der Waals surface area contributed by atoms with Gasteiger partial charge in [0.2, 0.25) is 0 Å². The predicted octanol–water partition coefficient (Wildman–Crippen LogP) is 1.05. The fraction of sp³-hybridized carbons (Fsp3) is 0.632. The summed E-state index contributed by atoms with van der Waals surface area (Å²) in [5.41, 5.74) is 1.82. The van der Waals surface area contributed by atoms with Gasteiger partial charge in [0.25, 0.3) is 5.91 Å². The molecule has 146 valence electrons. The zero-order valence-corrected chi connectivity index (χ0v) is 16.1. The van der Waals surface area contributed by atoms with E-state index in [0.29, 0.717) is 18.2 Å². The average molecular weight is 372 g/mol. The molecule has 2 saturated heterocycles. The number of amides is 1. The summed E-state index contributed by atoms with van der Waals surface area (Å²) in [6.45, 7) is 7.34. The van der Waals surface area contributed by atoms with Crippen molar-refractivity contribution < 1.29 is 9.53 Å². The Kier molecular flexibility index (Phi) is 5.01. The number of nitrogens with one attached hydrogen (secondary N) is 1. The van der Waals surface area contributed by atoms with Gasteiger partial charge in [-0.1, -0.05) is 0 Å². The SMILES string of the molecule is CCn1cc(CN2CC3(C2)OCC[C@@H]3CCNC(=O)c2ccnn2C)cn1. The van der Waals surface area contributed by atoms with E-state index in [4.69, 9.17) is 4.74 Å². The van der Waals surface area contributed by atoms with Gasteiger partial charge >= 0.3 is 0 Å². The Morgan fingerprint density at radius 3 is 2.96 bits per heavy atom. The highest BCUT2D eigenvalue weighted by Gasteiger charge is 2.52. The maximum absolute atomic E-state index is 12.2. The molecule has 2 aliphatic rings. The Morgan fingerprint density at radius 2 is 2.26 bits per heavy atom. The number of carbonyl (C=O) groups is 1. The zero-order valence-electron chi connectivity index (χ0n) is 16.1. The van der Waals surface area contributed by atoms with E-state index >= 15 is 0 Å². The average Bonchev–Trinajstić information content (AvgIpc) is 3.34. The first-order chi connectivity index (χ1) is 13.1. The molecular formula is C19H28N6O2. The summed E-state index contributed by atoms with van der Waals surface area (Å²) in [5.74, 6) is 0.435. The first-order valence-electron chi connectivity index (χ1n) is 9.73. The van der Waals surface area contributed by atoms with E-state index in [9.17, 15) is 4.79 Å². The second kappa shape index (κ2) is 7.44. The third kappa shape index (κ3) is 3.64. The van der Waals surface area contributed by atoms with Crippen molar-refractivity contribution in [2.24, 2.45) is 13.0 Å². The van der Waals surface area contributed by atoms with Crippen LogP contribution in [0.1, 0.15) is 35.8 Å². The van der Waals surface area contributed by atoms with E-state index < -0.39 is 0 Å². The number of ether oxygens (including phenoxy) is 1. The van der Waals surface area contributed by atoms with Gasteiger partial charge in [-0.3, -0.25) is 19.1 Å². The van der Waals surface area contributed by atoms with Crippen molar-refractivity contribution in [1.29, 1.82) is 0 Å². The summed E-state index contributed by atoms with van der Waals surface area (Å²) in [4.78, 5) is 14.6. The Hall–Kier alpha value is -2.19. The van der Waals surface area contributed by atoms with Crippen molar-refractivity contribution >= 4 is 5.91 Å². The highest BCUT2D eigenvalue weighted by Crippen LogP contribution is 2.42. The molecule has 4 heterocycles. The van der Waals surface area contributed by atoms with Crippen molar-refractivity contribution in [3.05, 3.63) is 35.9 Å². The molecule has 27 heavy (non-hydrogen) atoms. The predicted molar refractivity (Wildman–Crippen MR) is 100 cm³/mol. The number of carbonyl (C=O) groups excluding carboxylic acids is 1. The fourth-order valence-electron chi connectivity index (χ4n) is 4.33. The Balaban J connectivity index is 1.25. The zero-order chi connectivity index (χ0) is 18.9. The van der Waals surface area contributed by atoms with Gasteiger partial charge in [0.15, 0.2) is 0 Å². The monoisotopic (exact) mass is 372 g/mol. The van der Waals surface area contributed by atoms with Crippen molar-refractivity contribution in [1.82, 2.24) is 29.8 Å². The van der Waals surface area contributed by atoms with Gasteiger partial charge in [0.05, 0.1) is 11.8 Å². The minimum absolute atomic E-state index is 0.0298. The molecule has 1 atom stereocenters. The van der Waals surface area contributed by atoms with Gasteiger partial charge < -0.3 is 10.1 Å². The van der Waals surface area contributed by atoms with Crippen LogP contribution in [0.3, 0.4) is 0 Å². The molecule has 4 rings (SSSR count). The van der Waals surface area contributed by atoms with Crippen molar-refractivity contribution in [3.63, 3.8) is 0 Å². The summed E-state index contributed by atoms with van der Waals surface area (Å²) >= 11 is 0. The van der Waals surface area contributed by atoms with Crippen molar-refractivity contribution in [2.75, 3.05) is 26.2 Å². The van der Waals surface area contributed by atoms with Crippen molar-refractivity contribution in [2.45, 2.75) is 38.5 Å². The van der Waals surface area contributed by atoms with Crippen molar-refractivity contribution in [3.8, 4) is 0 Å². The first-order valence-corrected chi connectivity index (χ1v) is 9.73. The summed E-state index contributed by atoms with van der Waals surface area (Å²) < 4.78 is 9.70. The minimum Gasteiger partial charge on any atom is -0.372 e. The van der Waals surface area contributed by atoms with Crippen LogP contribution < -0.4 is 5.32 Å². The Bertz CT molecular complexity index is 792. The van der Waals surface area contributed by atoms with E-state index in [1.54, 1.807) is 24.0 Å². The van der Waals surface area contributed by atoms with E-state index in [0.717, 1.165) is 45.6 Å². The van der Waals surface area contributed by atoms with Crippen LogP contribution >= 0.6 is 0 Å². The molecule has 0 aliphatic carbocycles. The third-order valence-corrected chi connectivity index (χ3v) is 5.83. The lowest BCUT2D eigenvalue weighted by Crippen LogP contribution is -2.64. The summed E-state index contributed by atoms with van der Waals surface area (Å²) in [6, 6.07) is 1.74. The molecule has 2 aromatic heterocycles. The number of hydrogen-bond acceptors (Lipinski definition) is 5. The maximum atomic E-state index is 12.2. The smallest absolute Gasteiger partial charge is 0.269 e. The number of likely N-dealkylation sites (tertiary alicyclic amines) is 1. The van der Waals surface area contributed by atoms with Gasteiger partial charge in [-0.05, 0) is 31.7 Å². The highest BCUT2D eigenvalue weighted by molar-refractivity contribution is 5.92. The van der Waals surface area contributed by atoms with Crippen LogP contribution in [0, 0.1) is 5.92 Å². The van der Waals surface area contributed by atoms with E-state index in [-0.39, 0.29) is 11.5 Å². The molecule has 8 heteroatoms. The lowest BCUT2D eigenvalue weighted by molar-refractivity contribution is -0.136. The fourth-order valence-corrected chi connectivity index (χ4v) is 4.33. The Labute approximate surface area is 159 Å². The van der Waals surface area contributed by atoms with E-state index in [1.807, 2.05) is 10.9 Å². The second-order valence-corrected chi connectivity index (χ2v) is 7.63. The van der Waals surface area contributed by atoms with Crippen LogP contribution in [-0.2, 0) is 24.9 Å². The lowest BCUT2D eigenvalue weighted by Gasteiger charge is -2.50. The molecular weight excluding hydrogens is 344 g/mol. The van der Waals surface area contributed by atoms with E-state index in [2.05, 4.69) is 33.5 Å². The van der Waals surface area contributed by atoms with Gasteiger partial charge in [-0.2, -0.15) is 10.2 Å². The standard InChI is InChI=1S/C19H28N6O2/c1-3-25-12-15(10-22-25)11-24-13-19(14-24)16(6-9-27-19)4-7-20-18(26)17-5-8-21-23(17)2/h5,8,10,12,16H,3-4,6-7,9,11,13-14H2,1-2H3,(H,20,26)/t16-/m0/s1.